The van der Waals surface area contributed by atoms with Crippen molar-refractivity contribution in [3.63, 3.8) is 0 Å². The molecule has 2 aromatic carbocycles. The van der Waals surface area contributed by atoms with E-state index >= 15 is 0 Å². The van der Waals surface area contributed by atoms with Crippen molar-refractivity contribution in [1.29, 1.82) is 0 Å². The maximum Gasteiger partial charge on any atom is 0.416 e. The predicted octanol–water partition coefficient (Wildman–Crippen LogP) is 6.58. The van der Waals surface area contributed by atoms with Crippen molar-refractivity contribution in [2.24, 2.45) is 0 Å². The van der Waals surface area contributed by atoms with Gasteiger partial charge in [0.2, 0.25) is 0 Å². The van der Waals surface area contributed by atoms with Gasteiger partial charge in [0.05, 0.1) is 11.3 Å². The molecule has 0 unspecified atom stereocenters. The number of halogens is 4. The minimum atomic E-state index is -4.42. The highest BCUT2D eigenvalue weighted by Gasteiger charge is 2.30. The van der Waals surface area contributed by atoms with Gasteiger partial charge in [-0.05, 0) is 36.4 Å². The number of nitrogens with zero attached hydrogens (tertiary/aromatic N) is 1. The number of hydrogen-bond donors (Lipinski definition) is 1. The molecule has 0 atom stereocenters. The van der Waals surface area contributed by atoms with Crippen LogP contribution < -0.4 is 0 Å². The largest absolute Gasteiger partial charge is 0.477 e. The molecule has 0 fully saturated rings. The SMILES string of the molecule is O=C(O)c1sc(-c2ccc(C(F)(F)F)cc2)nc1CSc1ccc(Br)cc1. The van der Waals surface area contributed by atoms with Gasteiger partial charge in [0.1, 0.15) is 9.88 Å². The normalized spacial score (nSPS) is 11.6. The molecule has 9 heteroatoms. The maximum atomic E-state index is 12.7. The molecule has 0 saturated heterocycles. The first-order chi connectivity index (χ1) is 12.7. The summed E-state index contributed by atoms with van der Waals surface area (Å²) in [5.74, 6) is -0.752. The number of benzene rings is 2. The van der Waals surface area contributed by atoms with Crippen LogP contribution in [0.5, 0.6) is 0 Å². The second kappa shape index (κ2) is 8.04. The van der Waals surface area contributed by atoms with Crippen molar-refractivity contribution in [2.75, 3.05) is 0 Å². The predicted molar refractivity (Wildman–Crippen MR) is 103 cm³/mol. The summed E-state index contributed by atoms with van der Waals surface area (Å²) in [6.07, 6.45) is -4.42. The van der Waals surface area contributed by atoms with Crippen LogP contribution in [0.2, 0.25) is 0 Å². The molecule has 0 aliphatic carbocycles. The summed E-state index contributed by atoms with van der Waals surface area (Å²) < 4.78 is 39.0. The molecule has 1 N–H and O–H groups in total. The molecule has 1 heterocycles. The summed E-state index contributed by atoms with van der Waals surface area (Å²) in [4.78, 5) is 16.9. The quantitative estimate of drug-likeness (QED) is 0.425. The fourth-order valence-electron chi connectivity index (χ4n) is 2.22. The number of thiazole rings is 1. The first-order valence-corrected chi connectivity index (χ1v) is 10.1. The van der Waals surface area contributed by atoms with Gasteiger partial charge in [-0.15, -0.1) is 23.1 Å². The molecule has 0 bridgehead atoms. The van der Waals surface area contributed by atoms with Crippen LogP contribution >= 0.6 is 39.0 Å². The molecule has 0 radical (unpaired) electrons. The van der Waals surface area contributed by atoms with Crippen LogP contribution in [-0.2, 0) is 11.9 Å². The van der Waals surface area contributed by atoms with E-state index in [1.165, 1.54) is 23.9 Å². The average molecular weight is 474 g/mol. The van der Waals surface area contributed by atoms with Crippen molar-refractivity contribution < 1.29 is 23.1 Å². The van der Waals surface area contributed by atoms with Crippen molar-refractivity contribution >= 4 is 45.0 Å². The van der Waals surface area contributed by atoms with Gasteiger partial charge in [-0.1, -0.05) is 28.1 Å². The molecule has 0 aliphatic heterocycles. The van der Waals surface area contributed by atoms with Crippen molar-refractivity contribution in [1.82, 2.24) is 4.98 Å². The van der Waals surface area contributed by atoms with Crippen LogP contribution in [0.3, 0.4) is 0 Å². The third-order valence-corrected chi connectivity index (χ3v) is 6.23. The standard InChI is InChI=1S/C18H11BrF3NO2S2/c19-12-5-7-13(8-6-12)26-9-14-15(17(24)25)27-16(23-14)10-1-3-11(4-2-10)18(20,21)22/h1-8H,9H2,(H,24,25). The molecule has 3 rings (SSSR count). The molecule has 3 aromatic rings. The Morgan fingerprint density at radius 2 is 1.74 bits per heavy atom. The number of rotatable bonds is 5. The minimum absolute atomic E-state index is 0.0921. The molecule has 0 amide bonds. The first kappa shape index (κ1) is 19.9. The molecule has 0 saturated carbocycles. The lowest BCUT2D eigenvalue weighted by Crippen LogP contribution is -2.03. The van der Waals surface area contributed by atoms with Gasteiger partial charge in [-0.25, -0.2) is 9.78 Å². The molecule has 27 heavy (non-hydrogen) atoms. The van der Waals surface area contributed by atoms with Gasteiger partial charge < -0.3 is 5.11 Å². The summed E-state index contributed by atoms with van der Waals surface area (Å²) in [5, 5.41) is 9.80. The molecular formula is C18H11BrF3NO2S2. The van der Waals surface area contributed by atoms with Crippen LogP contribution in [-0.4, -0.2) is 16.1 Å². The molecule has 3 nitrogen and oxygen atoms in total. The van der Waals surface area contributed by atoms with Gasteiger partial charge in [-0.2, -0.15) is 13.2 Å². The van der Waals surface area contributed by atoms with Gasteiger partial charge in [0.15, 0.2) is 0 Å². The second-order valence-corrected chi connectivity index (χ2v) is 8.38. The minimum Gasteiger partial charge on any atom is -0.477 e. The van der Waals surface area contributed by atoms with Crippen LogP contribution in [0.1, 0.15) is 20.9 Å². The lowest BCUT2D eigenvalue weighted by molar-refractivity contribution is -0.137. The Balaban J connectivity index is 1.84. The van der Waals surface area contributed by atoms with E-state index < -0.39 is 17.7 Å². The zero-order valence-corrected chi connectivity index (χ0v) is 16.7. The molecule has 140 valence electrons. The highest BCUT2D eigenvalue weighted by atomic mass is 79.9. The van der Waals surface area contributed by atoms with Gasteiger partial charge in [-0.3, -0.25) is 0 Å². The zero-order valence-electron chi connectivity index (χ0n) is 13.5. The average Bonchev–Trinajstić information content (AvgIpc) is 3.05. The number of carboxylic acid groups (broad SMARTS) is 1. The van der Waals surface area contributed by atoms with E-state index in [2.05, 4.69) is 20.9 Å². The summed E-state index contributed by atoms with van der Waals surface area (Å²) in [5.41, 5.74) is 0.0954. The fourth-order valence-corrected chi connectivity index (χ4v) is 4.35. The fraction of sp³-hybridized carbons (Fsp3) is 0.111. The van der Waals surface area contributed by atoms with E-state index in [1.807, 2.05) is 24.3 Å². The number of carboxylic acids is 1. The van der Waals surface area contributed by atoms with E-state index in [1.54, 1.807) is 0 Å². The maximum absolute atomic E-state index is 12.7. The number of aromatic carboxylic acids is 1. The van der Waals surface area contributed by atoms with Crippen molar-refractivity contribution in [3.8, 4) is 10.6 Å². The number of aromatic nitrogens is 1. The van der Waals surface area contributed by atoms with Crippen LogP contribution in [0.25, 0.3) is 10.6 Å². The highest BCUT2D eigenvalue weighted by Crippen LogP contribution is 2.34. The second-order valence-electron chi connectivity index (χ2n) is 5.42. The van der Waals surface area contributed by atoms with Gasteiger partial charge in [0, 0.05) is 20.7 Å². The summed E-state index contributed by atoms with van der Waals surface area (Å²) in [6, 6.07) is 12.1. The Morgan fingerprint density at radius 1 is 1.11 bits per heavy atom. The number of hydrogen-bond acceptors (Lipinski definition) is 4. The summed E-state index contributed by atoms with van der Waals surface area (Å²) in [7, 11) is 0. The van der Waals surface area contributed by atoms with Crippen molar-refractivity contribution in [2.45, 2.75) is 16.8 Å². The first-order valence-electron chi connectivity index (χ1n) is 7.53. The number of alkyl halides is 3. The monoisotopic (exact) mass is 473 g/mol. The number of thioether (sulfide) groups is 1. The third-order valence-electron chi connectivity index (χ3n) is 3.54. The van der Waals surface area contributed by atoms with Crippen LogP contribution in [0, 0.1) is 0 Å². The van der Waals surface area contributed by atoms with E-state index in [0.717, 1.165) is 32.8 Å². The number of carbonyl (C=O) groups is 1. The lowest BCUT2D eigenvalue weighted by atomic mass is 10.1. The van der Waals surface area contributed by atoms with Gasteiger partial charge in [0.25, 0.3) is 0 Å². The van der Waals surface area contributed by atoms with Crippen molar-refractivity contribution in [3.05, 3.63) is 69.1 Å². The Bertz CT molecular complexity index is 954. The lowest BCUT2D eigenvalue weighted by Gasteiger charge is -2.06. The Labute approximate surface area is 169 Å². The smallest absolute Gasteiger partial charge is 0.416 e. The molecule has 1 aromatic heterocycles. The highest BCUT2D eigenvalue weighted by molar-refractivity contribution is 9.10. The van der Waals surface area contributed by atoms with Crippen LogP contribution in [0.15, 0.2) is 57.9 Å². The van der Waals surface area contributed by atoms with E-state index in [-0.39, 0.29) is 4.88 Å². The topological polar surface area (TPSA) is 50.2 Å². The van der Waals surface area contributed by atoms with Crippen LogP contribution in [0.4, 0.5) is 13.2 Å². The molecule has 0 aliphatic rings. The third kappa shape index (κ3) is 4.91. The van der Waals surface area contributed by atoms with E-state index in [0.29, 0.717) is 22.0 Å². The molecular weight excluding hydrogens is 463 g/mol. The Kier molecular flexibility index (Phi) is 5.92. The van der Waals surface area contributed by atoms with Gasteiger partial charge >= 0.3 is 12.1 Å². The molecule has 0 spiro atoms. The Morgan fingerprint density at radius 3 is 2.30 bits per heavy atom. The summed E-state index contributed by atoms with van der Waals surface area (Å²) >= 11 is 5.75. The zero-order chi connectivity index (χ0) is 19.6. The van der Waals surface area contributed by atoms with E-state index in [4.69, 9.17) is 0 Å². The summed E-state index contributed by atoms with van der Waals surface area (Å²) in [6.45, 7) is 0. The Hall–Kier alpha value is -1.84. The van der Waals surface area contributed by atoms with E-state index in [9.17, 15) is 23.1 Å².